The third-order valence-electron chi connectivity index (χ3n) is 3.29. The smallest absolute Gasteiger partial charge is 0.240 e. The van der Waals surface area contributed by atoms with E-state index in [4.69, 9.17) is 4.74 Å². The second kappa shape index (κ2) is 9.02. The van der Waals surface area contributed by atoms with Gasteiger partial charge in [-0.3, -0.25) is 0 Å². The van der Waals surface area contributed by atoms with Gasteiger partial charge in [0.1, 0.15) is 5.75 Å². The molecule has 0 heterocycles. The van der Waals surface area contributed by atoms with E-state index in [0.29, 0.717) is 24.8 Å². The molecule has 0 saturated heterocycles. The third-order valence-corrected chi connectivity index (χ3v) is 4.73. The maximum Gasteiger partial charge on any atom is 0.240 e. The minimum atomic E-state index is -3.43. The molecule has 6 heteroatoms. The summed E-state index contributed by atoms with van der Waals surface area (Å²) in [5, 5.41) is 3.04. The lowest BCUT2D eigenvalue weighted by Crippen LogP contribution is -2.28. The molecule has 0 fully saturated rings. The molecule has 1 rings (SSSR count). The standard InChI is InChI=1S/C15H26N2O3S/c1-4-13(2)12-17-21(18,19)15-8-6-14(7-9-15)20-11-5-10-16-3/h6-9,13,16-17H,4-5,10-12H2,1-3H3. The molecule has 21 heavy (non-hydrogen) atoms. The number of benzene rings is 1. The molecule has 0 radical (unpaired) electrons. The summed E-state index contributed by atoms with van der Waals surface area (Å²) in [6.07, 6.45) is 1.86. The highest BCUT2D eigenvalue weighted by molar-refractivity contribution is 7.89. The van der Waals surface area contributed by atoms with Crippen LogP contribution in [-0.4, -0.2) is 35.2 Å². The first-order valence-electron chi connectivity index (χ1n) is 7.36. The first-order valence-corrected chi connectivity index (χ1v) is 8.85. The van der Waals surface area contributed by atoms with Crippen LogP contribution in [0.25, 0.3) is 0 Å². The van der Waals surface area contributed by atoms with E-state index < -0.39 is 10.0 Å². The lowest BCUT2D eigenvalue weighted by molar-refractivity contribution is 0.309. The van der Waals surface area contributed by atoms with Crippen LogP contribution in [0.4, 0.5) is 0 Å². The van der Waals surface area contributed by atoms with E-state index in [-0.39, 0.29) is 4.90 Å². The van der Waals surface area contributed by atoms with E-state index in [1.807, 2.05) is 20.9 Å². The Kier molecular flexibility index (Phi) is 7.71. The molecule has 5 nitrogen and oxygen atoms in total. The van der Waals surface area contributed by atoms with Crippen molar-refractivity contribution < 1.29 is 13.2 Å². The van der Waals surface area contributed by atoms with Crippen molar-refractivity contribution in [2.75, 3.05) is 26.7 Å². The normalized spacial score (nSPS) is 13.1. The lowest BCUT2D eigenvalue weighted by atomic mass is 10.1. The van der Waals surface area contributed by atoms with Gasteiger partial charge in [0.25, 0.3) is 0 Å². The number of nitrogens with one attached hydrogen (secondary N) is 2. The Morgan fingerprint density at radius 1 is 1.24 bits per heavy atom. The molecule has 1 unspecified atom stereocenters. The predicted molar refractivity (Wildman–Crippen MR) is 85.1 cm³/mol. The van der Waals surface area contributed by atoms with Gasteiger partial charge in [-0.1, -0.05) is 20.3 Å². The first-order chi connectivity index (χ1) is 9.99. The van der Waals surface area contributed by atoms with Crippen molar-refractivity contribution in [1.82, 2.24) is 10.0 Å². The molecule has 120 valence electrons. The van der Waals surface area contributed by atoms with Crippen molar-refractivity contribution in [3.05, 3.63) is 24.3 Å². The highest BCUT2D eigenvalue weighted by Gasteiger charge is 2.14. The van der Waals surface area contributed by atoms with E-state index in [0.717, 1.165) is 19.4 Å². The highest BCUT2D eigenvalue weighted by atomic mass is 32.2. The van der Waals surface area contributed by atoms with Crippen molar-refractivity contribution in [2.24, 2.45) is 5.92 Å². The van der Waals surface area contributed by atoms with E-state index in [2.05, 4.69) is 10.0 Å². The van der Waals surface area contributed by atoms with Crippen LogP contribution in [0.5, 0.6) is 5.75 Å². The molecule has 0 spiro atoms. The largest absolute Gasteiger partial charge is 0.494 e. The quantitative estimate of drug-likeness (QED) is 0.648. The number of hydrogen-bond acceptors (Lipinski definition) is 4. The number of sulfonamides is 1. The molecule has 0 bridgehead atoms. The number of ether oxygens (including phenoxy) is 1. The highest BCUT2D eigenvalue weighted by Crippen LogP contribution is 2.16. The van der Waals surface area contributed by atoms with Gasteiger partial charge >= 0.3 is 0 Å². The van der Waals surface area contributed by atoms with Gasteiger partial charge in [0.15, 0.2) is 0 Å². The molecule has 0 aliphatic carbocycles. The van der Waals surface area contributed by atoms with Crippen LogP contribution in [0.3, 0.4) is 0 Å². The lowest BCUT2D eigenvalue weighted by Gasteiger charge is -2.11. The average molecular weight is 314 g/mol. The van der Waals surface area contributed by atoms with Crippen LogP contribution in [0.15, 0.2) is 29.2 Å². The van der Waals surface area contributed by atoms with Crippen LogP contribution < -0.4 is 14.8 Å². The van der Waals surface area contributed by atoms with Crippen molar-refractivity contribution in [1.29, 1.82) is 0 Å². The second-order valence-electron chi connectivity index (χ2n) is 5.14. The molecular weight excluding hydrogens is 288 g/mol. The summed E-state index contributed by atoms with van der Waals surface area (Å²) in [6.45, 7) is 6.02. The summed E-state index contributed by atoms with van der Waals surface area (Å²) in [6, 6.07) is 6.53. The minimum Gasteiger partial charge on any atom is -0.494 e. The van der Waals surface area contributed by atoms with Gasteiger partial charge in [-0.2, -0.15) is 0 Å². The number of rotatable bonds is 10. The Labute approximate surface area is 128 Å². The Hall–Kier alpha value is -1.11. The summed E-state index contributed by atoms with van der Waals surface area (Å²) < 4.78 is 32.4. The van der Waals surface area contributed by atoms with Crippen molar-refractivity contribution in [2.45, 2.75) is 31.6 Å². The van der Waals surface area contributed by atoms with Gasteiger partial charge in [-0.25, -0.2) is 13.1 Å². The molecule has 0 aliphatic heterocycles. The van der Waals surface area contributed by atoms with Gasteiger partial charge in [0.2, 0.25) is 10.0 Å². The van der Waals surface area contributed by atoms with Gasteiger partial charge in [0.05, 0.1) is 11.5 Å². The molecule has 1 atom stereocenters. The third kappa shape index (κ3) is 6.46. The predicted octanol–water partition coefficient (Wildman–Crippen LogP) is 2.00. The summed E-state index contributed by atoms with van der Waals surface area (Å²) in [4.78, 5) is 0.272. The zero-order valence-electron chi connectivity index (χ0n) is 13.1. The molecule has 0 amide bonds. The van der Waals surface area contributed by atoms with Gasteiger partial charge in [-0.15, -0.1) is 0 Å². The van der Waals surface area contributed by atoms with Gasteiger partial charge in [0, 0.05) is 6.54 Å². The average Bonchev–Trinajstić information content (AvgIpc) is 2.50. The fourth-order valence-corrected chi connectivity index (χ4v) is 2.80. The Balaban J connectivity index is 2.56. The fourth-order valence-electron chi connectivity index (χ4n) is 1.63. The van der Waals surface area contributed by atoms with E-state index in [1.54, 1.807) is 24.3 Å². The van der Waals surface area contributed by atoms with Crippen LogP contribution in [0.2, 0.25) is 0 Å². The van der Waals surface area contributed by atoms with Crippen LogP contribution in [-0.2, 0) is 10.0 Å². The first kappa shape index (κ1) is 17.9. The maximum atomic E-state index is 12.1. The van der Waals surface area contributed by atoms with E-state index >= 15 is 0 Å². The Morgan fingerprint density at radius 2 is 1.90 bits per heavy atom. The van der Waals surface area contributed by atoms with Gasteiger partial charge < -0.3 is 10.1 Å². The molecule has 1 aromatic rings. The Bertz CT molecular complexity index is 500. The molecule has 0 aliphatic rings. The van der Waals surface area contributed by atoms with E-state index in [1.165, 1.54) is 0 Å². The summed E-state index contributed by atoms with van der Waals surface area (Å²) in [5.74, 6) is 1.02. The Morgan fingerprint density at radius 3 is 2.48 bits per heavy atom. The number of hydrogen-bond donors (Lipinski definition) is 2. The van der Waals surface area contributed by atoms with E-state index in [9.17, 15) is 8.42 Å². The molecule has 0 saturated carbocycles. The molecule has 0 aromatic heterocycles. The summed E-state index contributed by atoms with van der Waals surface area (Å²) in [5.41, 5.74) is 0. The van der Waals surface area contributed by atoms with Crippen molar-refractivity contribution in [3.8, 4) is 5.75 Å². The van der Waals surface area contributed by atoms with Crippen molar-refractivity contribution >= 4 is 10.0 Å². The molecular formula is C15H26N2O3S. The maximum absolute atomic E-state index is 12.1. The molecule has 1 aromatic carbocycles. The minimum absolute atomic E-state index is 0.272. The topological polar surface area (TPSA) is 67.4 Å². The van der Waals surface area contributed by atoms with Crippen LogP contribution in [0.1, 0.15) is 26.7 Å². The zero-order chi connectivity index (χ0) is 15.7. The monoisotopic (exact) mass is 314 g/mol. The fraction of sp³-hybridized carbons (Fsp3) is 0.600. The van der Waals surface area contributed by atoms with Crippen LogP contribution in [0, 0.1) is 5.92 Å². The molecule has 2 N–H and O–H groups in total. The van der Waals surface area contributed by atoms with Crippen molar-refractivity contribution in [3.63, 3.8) is 0 Å². The summed E-state index contributed by atoms with van der Waals surface area (Å²) >= 11 is 0. The van der Waals surface area contributed by atoms with Gasteiger partial charge in [-0.05, 0) is 50.2 Å². The SMILES string of the molecule is CCC(C)CNS(=O)(=O)c1ccc(OCCCNC)cc1. The summed E-state index contributed by atoms with van der Waals surface area (Å²) in [7, 11) is -1.53. The second-order valence-corrected chi connectivity index (χ2v) is 6.91. The zero-order valence-corrected chi connectivity index (χ0v) is 13.9. The van der Waals surface area contributed by atoms with Crippen LogP contribution >= 0.6 is 0 Å².